The predicted molar refractivity (Wildman–Crippen MR) is 82.0 cm³/mol. The fourth-order valence-electron chi connectivity index (χ4n) is 2.17. The van der Waals surface area contributed by atoms with E-state index in [4.69, 9.17) is 0 Å². The fourth-order valence-corrected chi connectivity index (χ4v) is 2.72. The molecular weight excluding hydrogens is 373 g/mol. The Bertz CT molecular complexity index is 908. The van der Waals surface area contributed by atoms with Gasteiger partial charge in [0.2, 0.25) is 0 Å². The Kier molecular flexibility index (Phi) is 4.04. The van der Waals surface area contributed by atoms with Gasteiger partial charge in [-0.25, -0.2) is 17.9 Å². The monoisotopic (exact) mass is 380 g/mol. The average molecular weight is 381 g/mol. The average Bonchev–Trinajstić information content (AvgIpc) is 2.86. The normalized spacial score (nSPS) is 10.8. The second-order valence-corrected chi connectivity index (χ2v) is 5.44. The molecule has 0 aliphatic rings. The zero-order valence-electron chi connectivity index (χ0n) is 11.4. The topological polar surface area (TPSA) is 34.9 Å². The zero-order valence-corrected chi connectivity index (χ0v) is 13.0. The van der Waals surface area contributed by atoms with E-state index in [0.717, 1.165) is 22.9 Å². The van der Waals surface area contributed by atoms with E-state index in [9.17, 15) is 18.0 Å². The van der Waals surface area contributed by atoms with Crippen LogP contribution in [0.3, 0.4) is 0 Å². The Morgan fingerprint density at radius 3 is 2.48 bits per heavy atom. The molecule has 0 bridgehead atoms. The highest BCUT2D eigenvalue weighted by Crippen LogP contribution is 2.31. The lowest BCUT2D eigenvalue weighted by Crippen LogP contribution is -2.01. The standard InChI is InChI=1S/C16H8BrF3N2O/c17-16-12(8-23)15(9-2-1-3-10(18)6-9)21-22(16)14-7-11(19)4-5-13(14)20/h1-8H. The Hall–Kier alpha value is -2.41. The van der Waals surface area contributed by atoms with Crippen molar-refractivity contribution in [2.24, 2.45) is 0 Å². The van der Waals surface area contributed by atoms with Crippen LogP contribution >= 0.6 is 15.9 Å². The van der Waals surface area contributed by atoms with Crippen LogP contribution in [0.15, 0.2) is 47.1 Å². The summed E-state index contributed by atoms with van der Waals surface area (Å²) in [4.78, 5) is 11.4. The van der Waals surface area contributed by atoms with Gasteiger partial charge in [-0.2, -0.15) is 5.10 Å². The van der Waals surface area contributed by atoms with Gasteiger partial charge in [0.05, 0.1) is 5.56 Å². The van der Waals surface area contributed by atoms with Crippen molar-refractivity contribution in [2.75, 3.05) is 0 Å². The predicted octanol–water partition coefficient (Wildman–Crippen LogP) is 4.53. The van der Waals surface area contributed by atoms with Crippen molar-refractivity contribution in [3.8, 4) is 16.9 Å². The zero-order chi connectivity index (χ0) is 16.6. The third-order valence-electron chi connectivity index (χ3n) is 3.22. The Labute approximate surface area is 137 Å². The number of hydrogen-bond acceptors (Lipinski definition) is 2. The van der Waals surface area contributed by atoms with Crippen molar-refractivity contribution in [3.63, 3.8) is 0 Å². The molecule has 0 aliphatic heterocycles. The van der Waals surface area contributed by atoms with Crippen LogP contribution in [0.25, 0.3) is 16.9 Å². The molecule has 1 heterocycles. The quantitative estimate of drug-likeness (QED) is 0.625. The molecule has 0 atom stereocenters. The number of halogens is 4. The van der Waals surface area contributed by atoms with Crippen LogP contribution in [-0.4, -0.2) is 16.1 Å². The van der Waals surface area contributed by atoms with E-state index in [1.807, 2.05) is 0 Å². The molecule has 7 heteroatoms. The number of carbonyl (C=O) groups is 1. The van der Waals surface area contributed by atoms with Gasteiger partial charge in [0.1, 0.15) is 33.4 Å². The van der Waals surface area contributed by atoms with Crippen LogP contribution in [-0.2, 0) is 0 Å². The summed E-state index contributed by atoms with van der Waals surface area (Å²) in [6.07, 6.45) is 0.519. The van der Waals surface area contributed by atoms with Gasteiger partial charge in [0, 0.05) is 11.6 Å². The van der Waals surface area contributed by atoms with Gasteiger partial charge in [-0.15, -0.1) is 0 Å². The first-order valence-electron chi connectivity index (χ1n) is 6.46. The first-order chi connectivity index (χ1) is 11.0. The third-order valence-corrected chi connectivity index (χ3v) is 3.98. The first-order valence-corrected chi connectivity index (χ1v) is 7.25. The molecule has 2 aromatic carbocycles. The van der Waals surface area contributed by atoms with Crippen molar-refractivity contribution < 1.29 is 18.0 Å². The summed E-state index contributed by atoms with van der Waals surface area (Å²) in [6, 6.07) is 8.38. The SMILES string of the molecule is O=Cc1c(-c2cccc(F)c2)nn(-c2cc(F)ccc2F)c1Br. The second-order valence-electron chi connectivity index (χ2n) is 4.69. The number of nitrogens with zero attached hydrogens (tertiary/aromatic N) is 2. The van der Waals surface area contributed by atoms with Crippen molar-refractivity contribution in [2.45, 2.75) is 0 Å². The summed E-state index contributed by atoms with van der Waals surface area (Å²) in [5.41, 5.74) is 0.459. The molecule has 3 aromatic rings. The van der Waals surface area contributed by atoms with E-state index in [2.05, 4.69) is 21.0 Å². The van der Waals surface area contributed by atoms with Gasteiger partial charge in [0.25, 0.3) is 0 Å². The van der Waals surface area contributed by atoms with Crippen molar-refractivity contribution in [1.29, 1.82) is 0 Å². The number of rotatable bonds is 3. The first kappa shape index (κ1) is 15.5. The van der Waals surface area contributed by atoms with Gasteiger partial charge in [-0.05, 0) is 40.2 Å². The second kappa shape index (κ2) is 6.00. The van der Waals surface area contributed by atoms with E-state index < -0.39 is 17.5 Å². The summed E-state index contributed by atoms with van der Waals surface area (Å²) >= 11 is 3.16. The Morgan fingerprint density at radius 1 is 1.04 bits per heavy atom. The Morgan fingerprint density at radius 2 is 1.78 bits per heavy atom. The van der Waals surface area contributed by atoms with Crippen LogP contribution in [0.1, 0.15) is 10.4 Å². The van der Waals surface area contributed by atoms with Crippen LogP contribution in [0.5, 0.6) is 0 Å². The maximum absolute atomic E-state index is 14.0. The minimum Gasteiger partial charge on any atom is -0.298 e. The smallest absolute Gasteiger partial charge is 0.155 e. The van der Waals surface area contributed by atoms with Crippen LogP contribution < -0.4 is 0 Å². The molecule has 0 unspecified atom stereocenters. The highest BCUT2D eigenvalue weighted by atomic mass is 79.9. The van der Waals surface area contributed by atoms with Crippen LogP contribution in [0, 0.1) is 17.5 Å². The molecule has 0 saturated carbocycles. The van der Waals surface area contributed by atoms with E-state index >= 15 is 0 Å². The molecule has 0 aliphatic carbocycles. The number of carbonyl (C=O) groups excluding carboxylic acids is 1. The minimum atomic E-state index is -0.710. The van der Waals surface area contributed by atoms with Gasteiger partial charge >= 0.3 is 0 Å². The lowest BCUT2D eigenvalue weighted by molar-refractivity contribution is 0.112. The maximum atomic E-state index is 14.0. The molecule has 3 rings (SSSR count). The molecule has 0 radical (unpaired) electrons. The molecule has 0 fully saturated rings. The Balaban J connectivity index is 2.25. The molecular formula is C16H8BrF3N2O. The van der Waals surface area contributed by atoms with Crippen molar-refractivity contribution in [3.05, 3.63) is 70.1 Å². The molecule has 3 nitrogen and oxygen atoms in total. The summed E-state index contributed by atoms with van der Waals surface area (Å²) in [5, 5.41) is 4.13. The highest BCUT2D eigenvalue weighted by Gasteiger charge is 2.20. The van der Waals surface area contributed by atoms with E-state index in [-0.39, 0.29) is 21.5 Å². The highest BCUT2D eigenvalue weighted by molar-refractivity contribution is 9.10. The number of benzene rings is 2. The maximum Gasteiger partial charge on any atom is 0.155 e. The van der Waals surface area contributed by atoms with Gasteiger partial charge < -0.3 is 0 Å². The minimum absolute atomic E-state index is 0.110. The number of aldehydes is 1. The summed E-state index contributed by atoms with van der Waals surface area (Å²) < 4.78 is 41.9. The third kappa shape index (κ3) is 2.79. The van der Waals surface area contributed by atoms with Crippen LogP contribution in [0.4, 0.5) is 13.2 Å². The number of aromatic nitrogens is 2. The molecule has 116 valence electrons. The van der Waals surface area contributed by atoms with Gasteiger partial charge in [-0.3, -0.25) is 4.79 Å². The van der Waals surface area contributed by atoms with E-state index in [0.29, 0.717) is 11.8 Å². The van der Waals surface area contributed by atoms with Gasteiger partial charge in [-0.1, -0.05) is 12.1 Å². The fraction of sp³-hybridized carbons (Fsp3) is 0. The molecule has 23 heavy (non-hydrogen) atoms. The molecule has 1 aromatic heterocycles. The molecule has 0 saturated heterocycles. The summed E-state index contributed by atoms with van der Waals surface area (Å²) in [6.45, 7) is 0. The molecule has 0 spiro atoms. The lowest BCUT2D eigenvalue weighted by Gasteiger charge is -2.04. The molecule has 0 amide bonds. The largest absolute Gasteiger partial charge is 0.298 e. The van der Waals surface area contributed by atoms with E-state index in [1.54, 1.807) is 6.07 Å². The van der Waals surface area contributed by atoms with Crippen molar-refractivity contribution >= 4 is 22.2 Å². The molecule has 0 N–H and O–H groups in total. The van der Waals surface area contributed by atoms with Gasteiger partial charge in [0.15, 0.2) is 6.29 Å². The number of hydrogen-bond donors (Lipinski definition) is 0. The summed E-state index contributed by atoms with van der Waals surface area (Å²) in [5.74, 6) is -1.86. The summed E-state index contributed by atoms with van der Waals surface area (Å²) in [7, 11) is 0. The lowest BCUT2D eigenvalue weighted by atomic mass is 10.1. The van der Waals surface area contributed by atoms with Crippen LogP contribution in [0.2, 0.25) is 0 Å². The van der Waals surface area contributed by atoms with Crippen molar-refractivity contribution in [1.82, 2.24) is 9.78 Å². The van der Waals surface area contributed by atoms with E-state index in [1.165, 1.54) is 18.2 Å².